The van der Waals surface area contributed by atoms with Gasteiger partial charge in [0.25, 0.3) is 0 Å². The van der Waals surface area contributed by atoms with Gasteiger partial charge in [-0.3, -0.25) is 9.36 Å². The third-order valence-electron chi connectivity index (χ3n) is 7.89. The third kappa shape index (κ3) is 5.80. The van der Waals surface area contributed by atoms with E-state index in [9.17, 15) is 4.79 Å². The molecule has 2 fully saturated rings. The predicted molar refractivity (Wildman–Crippen MR) is 160 cm³/mol. The minimum atomic E-state index is 0.152. The number of hydrogen-bond acceptors (Lipinski definition) is 6. The number of halogens is 2. The molecule has 2 aliphatic heterocycles. The Morgan fingerprint density at radius 1 is 0.925 bits per heavy atom. The number of nitrogens with zero attached hydrogens (tertiary/aromatic N) is 6. The molecule has 0 aliphatic carbocycles. The zero-order chi connectivity index (χ0) is 27.5. The summed E-state index contributed by atoms with van der Waals surface area (Å²) in [5.41, 5.74) is 3.12. The molecule has 0 saturated carbocycles. The smallest absolute Gasteiger partial charge is 0.221 e. The average Bonchev–Trinajstić information content (AvgIpc) is 3.37. The lowest BCUT2D eigenvalue weighted by Crippen LogP contribution is -2.45. The number of nitrogens with one attached hydrogen (secondary N) is 1. The van der Waals surface area contributed by atoms with Gasteiger partial charge in [0.15, 0.2) is 17.0 Å². The Labute approximate surface area is 244 Å². The van der Waals surface area contributed by atoms with Crippen molar-refractivity contribution in [1.82, 2.24) is 29.7 Å². The number of anilines is 1. The largest absolute Gasteiger partial charge is 0.355 e. The van der Waals surface area contributed by atoms with Crippen LogP contribution in [0.5, 0.6) is 0 Å². The molecule has 208 valence electrons. The molecule has 4 aromatic rings. The summed E-state index contributed by atoms with van der Waals surface area (Å²) in [6.07, 6.45) is 7.67. The van der Waals surface area contributed by atoms with Crippen molar-refractivity contribution < 1.29 is 4.79 Å². The molecule has 2 aromatic carbocycles. The van der Waals surface area contributed by atoms with Crippen LogP contribution in [0.3, 0.4) is 0 Å². The molecule has 8 nitrogen and oxygen atoms in total. The van der Waals surface area contributed by atoms with Gasteiger partial charge in [0.05, 0.1) is 5.02 Å². The van der Waals surface area contributed by atoms with Crippen molar-refractivity contribution in [2.45, 2.75) is 44.6 Å². The first-order valence-corrected chi connectivity index (χ1v) is 14.8. The molecule has 0 radical (unpaired) electrons. The molecule has 6 rings (SSSR count). The van der Waals surface area contributed by atoms with E-state index in [0.29, 0.717) is 27.9 Å². The molecule has 4 heterocycles. The Morgan fingerprint density at radius 3 is 2.42 bits per heavy atom. The number of carbonyl (C=O) groups is 1. The molecule has 0 bridgehead atoms. The normalized spacial score (nSPS) is 16.9. The highest BCUT2D eigenvalue weighted by Crippen LogP contribution is 2.35. The van der Waals surface area contributed by atoms with E-state index in [1.54, 1.807) is 6.33 Å². The summed E-state index contributed by atoms with van der Waals surface area (Å²) in [5.74, 6) is 1.64. The van der Waals surface area contributed by atoms with E-state index in [4.69, 9.17) is 28.2 Å². The molecule has 10 heteroatoms. The first-order chi connectivity index (χ1) is 19.6. The van der Waals surface area contributed by atoms with Crippen LogP contribution in [0.25, 0.3) is 28.2 Å². The van der Waals surface area contributed by atoms with Gasteiger partial charge < -0.3 is 15.1 Å². The fourth-order valence-electron chi connectivity index (χ4n) is 5.75. The molecule has 0 atom stereocenters. The molecule has 2 aliphatic rings. The van der Waals surface area contributed by atoms with Crippen LogP contribution >= 0.6 is 23.2 Å². The van der Waals surface area contributed by atoms with Crippen molar-refractivity contribution in [3.05, 3.63) is 64.9 Å². The minimum Gasteiger partial charge on any atom is -0.355 e. The molecule has 0 unspecified atom stereocenters. The van der Waals surface area contributed by atoms with Gasteiger partial charge in [-0.15, -0.1) is 0 Å². The van der Waals surface area contributed by atoms with Crippen LogP contribution in [-0.4, -0.2) is 69.1 Å². The van der Waals surface area contributed by atoms with Crippen molar-refractivity contribution in [3.8, 4) is 17.1 Å². The molecule has 1 amide bonds. The summed E-state index contributed by atoms with van der Waals surface area (Å²) in [7, 11) is 0. The monoisotopic (exact) mass is 577 g/mol. The minimum absolute atomic E-state index is 0.152. The Balaban J connectivity index is 1.22. The quantitative estimate of drug-likeness (QED) is 0.301. The molecular weight excluding hydrogens is 545 g/mol. The van der Waals surface area contributed by atoms with Crippen LogP contribution in [0.4, 0.5) is 5.82 Å². The number of piperidine rings is 2. The lowest BCUT2D eigenvalue weighted by atomic mass is 10.0. The van der Waals surface area contributed by atoms with Crippen LogP contribution in [-0.2, 0) is 4.79 Å². The van der Waals surface area contributed by atoms with Crippen molar-refractivity contribution >= 4 is 46.1 Å². The standard InChI is InChI=1S/C30H33Cl2N7O/c31-21-8-10-23(11-9-21)39-28(24-6-2-3-7-25(24)32)36-27-29(33-20-34-30(27)39)38-18-12-22(13-19-38)35-26(40)14-17-37-15-4-1-5-16-37/h2-3,6-11,20,22H,1,4-5,12-19H2,(H,35,40). The molecule has 40 heavy (non-hydrogen) atoms. The van der Waals surface area contributed by atoms with Crippen LogP contribution in [0, 0.1) is 0 Å². The van der Waals surface area contributed by atoms with Crippen LogP contribution < -0.4 is 10.2 Å². The zero-order valence-electron chi connectivity index (χ0n) is 22.4. The Kier molecular flexibility index (Phi) is 8.18. The number of rotatable bonds is 7. The van der Waals surface area contributed by atoms with Gasteiger partial charge in [0.1, 0.15) is 12.2 Å². The summed E-state index contributed by atoms with van der Waals surface area (Å²) >= 11 is 12.8. The first-order valence-electron chi connectivity index (χ1n) is 14.1. The average molecular weight is 579 g/mol. The number of aromatic nitrogens is 4. The SMILES string of the molecule is O=C(CCN1CCCCC1)NC1CCN(c2ncnc3c2nc(-c2ccccc2Cl)n3-c2ccc(Cl)cc2)CC1. The number of likely N-dealkylation sites (tertiary alicyclic amines) is 1. The second-order valence-corrected chi connectivity index (χ2v) is 11.4. The number of carbonyl (C=O) groups excluding carboxylic acids is 1. The number of amides is 1. The summed E-state index contributed by atoms with van der Waals surface area (Å²) < 4.78 is 2.01. The van der Waals surface area contributed by atoms with E-state index in [-0.39, 0.29) is 11.9 Å². The van der Waals surface area contributed by atoms with Gasteiger partial charge >= 0.3 is 0 Å². The number of imidazole rings is 1. The van der Waals surface area contributed by atoms with Gasteiger partial charge in [0, 0.05) is 48.4 Å². The van der Waals surface area contributed by atoms with Crippen molar-refractivity contribution in [2.75, 3.05) is 37.6 Å². The zero-order valence-corrected chi connectivity index (χ0v) is 23.9. The van der Waals surface area contributed by atoms with Crippen molar-refractivity contribution in [2.24, 2.45) is 0 Å². The van der Waals surface area contributed by atoms with Gasteiger partial charge in [-0.25, -0.2) is 15.0 Å². The van der Waals surface area contributed by atoms with E-state index < -0.39 is 0 Å². The lowest BCUT2D eigenvalue weighted by Gasteiger charge is -2.33. The molecule has 1 N–H and O–H groups in total. The Bertz CT molecular complexity index is 1480. The number of fused-ring (bicyclic) bond motifs is 1. The van der Waals surface area contributed by atoms with Crippen molar-refractivity contribution in [3.63, 3.8) is 0 Å². The maximum atomic E-state index is 12.6. The van der Waals surface area contributed by atoms with Gasteiger partial charge in [-0.05, 0) is 75.2 Å². The third-order valence-corrected chi connectivity index (χ3v) is 8.47. The maximum Gasteiger partial charge on any atom is 0.221 e. The Morgan fingerprint density at radius 2 is 1.68 bits per heavy atom. The fraction of sp³-hybridized carbons (Fsp3) is 0.400. The molecule has 2 aromatic heterocycles. The Hall–Kier alpha value is -3.20. The highest BCUT2D eigenvalue weighted by atomic mass is 35.5. The number of benzene rings is 2. The second kappa shape index (κ2) is 12.1. The van der Waals surface area contributed by atoms with Gasteiger partial charge in [-0.2, -0.15) is 0 Å². The van der Waals surface area contributed by atoms with Gasteiger partial charge in [-0.1, -0.05) is 41.8 Å². The van der Waals surface area contributed by atoms with Crippen LogP contribution in [0.2, 0.25) is 10.0 Å². The predicted octanol–water partition coefficient (Wildman–Crippen LogP) is 5.75. The van der Waals surface area contributed by atoms with E-state index in [1.807, 2.05) is 53.1 Å². The summed E-state index contributed by atoms with van der Waals surface area (Å²) in [4.78, 5) is 31.7. The van der Waals surface area contributed by atoms with E-state index in [0.717, 1.165) is 68.2 Å². The molecule has 2 saturated heterocycles. The van der Waals surface area contributed by atoms with E-state index in [2.05, 4.69) is 25.1 Å². The topological polar surface area (TPSA) is 79.2 Å². The maximum absolute atomic E-state index is 12.6. The summed E-state index contributed by atoms with van der Waals surface area (Å²) in [6.45, 7) is 4.64. The lowest BCUT2D eigenvalue weighted by molar-refractivity contribution is -0.122. The number of hydrogen-bond donors (Lipinski definition) is 1. The molecular formula is C30H33Cl2N7O. The van der Waals surface area contributed by atoms with Crippen molar-refractivity contribution in [1.29, 1.82) is 0 Å². The first kappa shape index (κ1) is 27.0. The highest BCUT2D eigenvalue weighted by molar-refractivity contribution is 6.33. The fourth-order valence-corrected chi connectivity index (χ4v) is 6.09. The summed E-state index contributed by atoms with van der Waals surface area (Å²) in [5, 5.41) is 4.53. The highest BCUT2D eigenvalue weighted by Gasteiger charge is 2.26. The van der Waals surface area contributed by atoms with E-state index >= 15 is 0 Å². The second-order valence-electron chi connectivity index (χ2n) is 10.6. The van der Waals surface area contributed by atoms with Crippen LogP contribution in [0.15, 0.2) is 54.9 Å². The summed E-state index contributed by atoms with van der Waals surface area (Å²) in [6, 6.07) is 15.5. The van der Waals surface area contributed by atoms with Gasteiger partial charge in [0.2, 0.25) is 5.91 Å². The van der Waals surface area contributed by atoms with E-state index in [1.165, 1.54) is 19.3 Å². The molecule has 0 spiro atoms. The van der Waals surface area contributed by atoms with Crippen LogP contribution in [0.1, 0.15) is 38.5 Å².